The molecule has 1 aromatic carbocycles. The second-order valence-electron chi connectivity index (χ2n) is 7.27. The minimum Gasteiger partial charge on any atom is -0.350 e. The maximum Gasteiger partial charge on any atom is 0.284 e. The van der Waals surface area contributed by atoms with Crippen molar-refractivity contribution in [3.63, 3.8) is 0 Å². The molecule has 4 rings (SSSR count). The third-order valence-corrected chi connectivity index (χ3v) is 5.06. The third kappa shape index (κ3) is 3.53. The topological polar surface area (TPSA) is 74.3 Å². The lowest BCUT2D eigenvalue weighted by molar-refractivity contribution is -0.137. The first-order valence-electron chi connectivity index (χ1n) is 9.24. The Labute approximate surface area is 162 Å². The molecule has 0 saturated heterocycles. The van der Waals surface area contributed by atoms with E-state index in [-0.39, 0.29) is 17.4 Å². The molecule has 7 heteroatoms. The smallest absolute Gasteiger partial charge is 0.284 e. The first-order valence-corrected chi connectivity index (χ1v) is 9.24. The second kappa shape index (κ2) is 7.16. The summed E-state index contributed by atoms with van der Waals surface area (Å²) in [5.74, 6) is -0.534. The minimum absolute atomic E-state index is 0.239. The lowest BCUT2D eigenvalue weighted by Gasteiger charge is -2.41. The van der Waals surface area contributed by atoms with Gasteiger partial charge in [-0.15, -0.1) is 0 Å². The molecule has 1 aliphatic heterocycles. The molecule has 28 heavy (non-hydrogen) atoms. The summed E-state index contributed by atoms with van der Waals surface area (Å²) in [6.07, 6.45) is 6.87. The van der Waals surface area contributed by atoms with E-state index in [0.29, 0.717) is 23.7 Å². The molecule has 1 aromatic heterocycles. The normalized spacial score (nSPS) is 22.0. The van der Waals surface area contributed by atoms with Gasteiger partial charge in [0.2, 0.25) is 0 Å². The van der Waals surface area contributed by atoms with Crippen molar-refractivity contribution >= 4 is 17.4 Å². The highest BCUT2D eigenvalue weighted by Gasteiger charge is 2.44. The van der Waals surface area contributed by atoms with Gasteiger partial charge in [-0.3, -0.25) is 19.6 Å². The number of hydrogen-bond donors (Lipinski definition) is 2. The number of nitrogens with one attached hydrogen (secondary N) is 2. The number of hydrazine groups is 1. The van der Waals surface area contributed by atoms with E-state index >= 15 is 0 Å². The van der Waals surface area contributed by atoms with Gasteiger partial charge in [-0.2, -0.15) is 0 Å². The number of Topliss-reactive ketones (excluding diaryl/α,β-unsaturated/α-hetero) is 1. The van der Waals surface area contributed by atoms with Gasteiger partial charge in [0.1, 0.15) is 17.1 Å². The number of aromatic nitrogens is 1. The van der Waals surface area contributed by atoms with Gasteiger partial charge in [-0.1, -0.05) is 12.1 Å². The van der Waals surface area contributed by atoms with E-state index in [1.165, 1.54) is 24.1 Å². The van der Waals surface area contributed by atoms with Gasteiger partial charge >= 0.3 is 0 Å². The van der Waals surface area contributed by atoms with Crippen LogP contribution in [0.2, 0.25) is 0 Å². The average Bonchev–Trinajstić information content (AvgIpc) is 3.49. The van der Waals surface area contributed by atoms with Crippen LogP contribution in [0.3, 0.4) is 0 Å². The van der Waals surface area contributed by atoms with Gasteiger partial charge in [0, 0.05) is 12.7 Å². The number of carbonyl (C=O) groups excluding carboxylic acids is 2. The van der Waals surface area contributed by atoms with Crippen molar-refractivity contribution in [1.82, 2.24) is 15.4 Å². The number of pyridine rings is 1. The standard InChI is InChI=1S/C21H21FN4O2/c1-14(27)21(16-4-2-5-17(22)10-16)11-19(24-18-6-3-9-23-12-18)20(28)26(25-21)13-15-7-8-15/h2-6,9-12,15,24-25H,7-8,13H2,1H3. The predicted molar refractivity (Wildman–Crippen MR) is 102 cm³/mol. The second-order valence-corrected chi connectivity index (χ2v) is 7.27. The van der Waals surface area contributed by atoms with E-state index in [1.54, 1.807) is 42.7 Å². The van der Waals surface area contributed by atoms with Crippen molar-refractivity contribution in [2.24, 2.45) is 5.92 Å². The number of hydrogen-bond acceptors (Lipinski definition) is 5. The zero-order valence-electron chi connectivity index (χ0n) is 15.5. The van der Waals surface area contributed by atoms with Crippen molar-refractivity contribution < 1.29 is 14.0 Å². The number of amides is 1. The number of halogens is 1. The Balaban J connectivity index is 1.80. The Morgan fingerprint density at radius 3 is 2.82 bits per heavy atom. The van der Waals surface area contributed by atoms with E-state index < -0.39 is 11.4 Å². The lowest BCUT2D eigenvalue weighted by atomic mass is 9.84. The van der Waals surface area contributed by atoms with Gasteiger partial charge < -0.3 is 5.32 Å². The van der Waals surface area contributed by atoms with Crippen molar-refractivity contribution in [2.45, 2.75) is 25.3 Å². The third-order valence-electron chi connectivity index (χ3n) is 5.06. The molecule has 0 radical (unpaired) electrons. The zero-order valence-corrected chi connectivity index (χ0v) is 15.5. The molecule has 1 amide bonds. The van der Waals surface area contributed by atoms with Crippen LogP contribution in [0.5, 0.6) is 0 Å². The molecule has 2 N–H and O–H groups in total. The average molecular weight is 380 g/mol. The summed E-state index contributed by atoms with van der Waals surface area (Å²) in [5.41, 5.74) is 3.08. The van der Waals surface area contributed by atoms with Crippen LogP contribution in [-0.2, 0) is 15.1 Å². The van der Waals surface area contributed by atoms with Crippen LogP contribution >= 0.6 is 0 Å². The van der Waals surface area contributed by atoms with E-state index in [2.05, 4.69) is 15.7 Å². The predicted octanol–water partition coefficient (Wildman–Crippen LogP) is 2.76. The Morgan fingerprint density at radius 2 is 2.18 bits per heavy atom. The maximum absolute atomic E-state index is 13.9. The van der Waals surface area contributed by atoms with E-state index in [1.807, 2.05) is 0 Å². The fraction of sp³-hybridized carbons (Fsp3) is 0.286. The van der Waals surface area contributed by atoms with Gasteiger partial charge in [-0.25, -0.2) is 9.82 Å². The highest BCUT2D eigenvalue weighted by molar-refractivity contribution is 6.01. The summed E-state index contributed by atoms with van der Waals surface area (Å²) in [5, 5.41) is 4.54. The molecule has 2 aliphatic rings. The number of rotatable bonds is 6. The maximum atomic E-state index is 13.9. The van der Waals surface area contributed by atoms with Crippen LogP contribution in [0.1, 0.15) is 25.3 Å². The van der Waals surface area contributed by atoms with Crippen LogP contribution in [-0.4, -0.2) is 28.2 Å². The Hall–Kier alpha value is -3.06. The van der Waals surface area contributed by atoms with Crippen LogP contribution < -0.4 is 10.7 Å². The number of benzene rings is 1. The van der Waals surface area contributed by atoms with E-state index in [0.717, 1.165) is 12.8 Å². The molecule has 1 unspecified atom stereocenters. The molecule has 1 atom stereocenters. The molecular formula is C21H21FN4O2. The molecule has 144 valence electrons. The molecule has 2 aromatic rings. The van der Waals surface area contributed by atoms with Gasteiger partial charge in [0.05, 0.1) is 11.9 Å². The molecule has 1 fully saturated rings. The van der Waals surface area contributed by atoms with Crippen LogP contribution in [0.4, 0.5) is 10.1 Å². The molecule has 1 aliphatic carbocycles. The summed E-state index contributed by atoms with van der Waals surface area (Å²) in [6, 6.07) is 9.41. The highest BCUT2D eigenvalue weighted by Crippen LogP contribution is 2.34. The van der Waals surface area contributed by atoms with Gasteiger partial charge in [0.25, 0.3) is 5.91 Å². The summed E-state index contributed by atoms with van der Waals surface area (Å²) >= 11 is 0. The summed E-state index contributed by atoms with van der Waals surface area (Å²) in [4.78, 5) is 29.9. The number of ketones is 1. The summed E-state index contributed by atoms with van der Waals surface area (Å²) in [6.45, 7) is 1.93. The lowest BCUT2D eigenvalue weighted by Crippen LogP contribution is -2.61. The van der Waals surface area contributed by atoms with Crippen molar-refractivity contribution in [2.75, 3.05) is 11.9 Å². The van der Waals surface area contributed by atoms with E-state index in [9.17, 15) is 14.0 Å². The molecular weight excluding hydrogens is 359 g/mol. The number of anilines is 1. The van der Waals surface area contributed by atoms with Crippen LogP contribution in [0.15, 0.2) is 60.6 Å². The Kier molecular flexibility index (Phi) is 4.68. The quantitative estimate of drug-likeness (QED) is 0.806. The first kappa shape index (κ1) is 18.3. The first-order chi connectivity index (χ1) is 13.5. The monoisotopic (exact) mass is 380 g/mol. The minimum atomic E-state index is -1.34. The highest BCUT2D eigenvalue weighted by atomic mass is 19.1. The van der Waals surface area contributed by atoms with E-state index in [4.69, 9.17) is 0 Å². The van der Waals surface area contributed by atoms with Crippen LogP contribution in [0.25, 0.3) is 0 Å². The zero-order chi connectivity index (χ0) is 19.7. The van der Waals surface area contributed by atoms with Crippen molar-refractivity contribution in [1.29, 1.82) is 0 Å². The largest absolute Gasteiger partial charge is 0.350 e. The molecule has 6 nitrogen and oxygen atoms in total. The number of carbonyl (C=O) groups is 2. The molecule has 1 saturated carbocycles. The van der Waals surface area contributed by atoms with Crippen LogP contribution in [0, 0.1) is 11.7 Å². The Bertz CT molecular complexity index is 942. The SMILES string of the molecule is CC(=O)C1(c2cccc(F)c2)C=C(Nc2cccnc2)C(=O)N(CC2CC2)N1. The fourth-order valence-electron chi connectivity index (χ4n) is 3.35. The van der Waals surface area contributed by atoms with Crippen molar-refractivity contribution in [3.05, 3.63) is 71.9 Å². The summed E-state index contributed by atoms with van der Waals surface area (Å²) < 4.78 is 13.9. The fourth-order valence-corrected chi connectivity index (χ4v) is 3.35. The molecule has 0 spiro atoms. The number of nitrogens with zero attached hydrogens (tertiary/aromatic N) is 2. The van der Waals surface area contributed by atoms with Gasteiger partial charge in [-0.05, 0) is 61.6 Å². The van der Waals surface area contributed by atoms with Crippen molar-refractivity contribution in [3.8, 4) is 0 Å². The van der Waals surface area contributed by atoms with Gasteiger partial charge in [0.15, 0.2) is 5.78 Å². The summed E-state index contributed by atoms with van der Waals surface area (Å²) in [7, 11) is 0. The Morgan fingerprint density at radius 1 is 1.36 bits per heavy atom. The molecule has 2 heterocycles. The molecule has 0 bridgehead atoms.